The molecule has 2 bridgehead atoms. The van der Waals surface area contributed by atoms with Crippen molar-refractivity contribution in [1.82, 2.24) is 20.0 Å². The molecule has 6 nitrogen and oxygen atoms in total. The van der Waals surface area contributed by atoms with Crippen LogP contribution in [0.15, 0.2) is 17.7 Å². The van der Waals surface area contributed by atoms with Crippen molar-refractivity contribution in [2.24, 2.45) is 5.92 Å². The fourth-order valence-electron chi connectivity index (χ4n) is 3.42. The van der Waals surface area contributed by atoms with Crippen LogP contribution in [0.3, 0.4) is 0 Å². The molecule has 1 aromatic rings. The summed E-state index contributed by atoms with van der Waals surface area (Å²) in [6.07, 6.45) is 3.93. The van der Waals surface area contributed by atoms with Crippen molar-refractivity contribution in [3.05, 3.63) is 29.1 Å². The van der Waals surface area contributed by atoms with Crippen LogP contribution >= 0.6 is 0 Å². The molecule has 0 spiro atoms. The van der Waals surface area contributed by atoms with Crippen LogP contribution in [0.4, 0.5) is 0 Å². The number of piperidine rings is 1. The molecule has 3 saturated heterocycles. The van der Waals surface area contributed by atoms with Gasteiger partial charge >= 0.3 is 0 Å². The number of carbonyl (C=O) groups is 2. The van der Waals surface area contributed by atoms with E-state index in [1.807, 2.05) is 25.7 Å². The number of carbonyl (C=O) groups excluding carboxylic acids is 2. The summed E-state index contributed by atoms with van der Waals surface area (Å²) in [6.45, 7) is 7.70. The Labute approximate surface area is 136 Å². The second-order valence-electron chi connectivity index (χ2n) is 6.85. The molecule has 3 aliphatic rings. The molecule has 3 fully saturated rings. The van der Waals surface area contributed by atoms with Crippen LogP contribution in [-0.4, -0.2) is 57.5 Å². The molecule has 0 aliphatic carbocycles. The first-order valence-electron chi connectivity index (χ1n) is 8.21. The predicted molar refractivity (Wildman–Crippen MR) is 86.9 cm³/mol. The van der Waals surface area contributed by atoms with Gasteiger partial charge < -0.3 is 9.80 Å². The molecule has 1 N–H and O–H groups in total. The monoisotopic (exact) mass is 316 g/mol. The van der Waals surface area contributed by atoms with Crippen molar-refractivity contribution < 1.29 is 9.59 Å². The van der Waals surface area contributed by atoms with E-state index in [4.69, 9.17) is 0 Å². The van der Waals surface area contributed by atoms with E-state index in [0.29, 0.717) is 25.3 Å². The minimum Gasteiger partial charge on any atom is -0.334 e. The molecule has 4 rings (SSSR count). The number of aryl methyl sites for hydroxylation is 1. The van der Waals surface area contributed by atoms with Crippen molar-refractivity contribution in [2.75, 3.05) is 19.6 Å². The highest BCUT2D eigenvalue weighted by atomic mass is 16.2. The van der Waals surface area contributed by atoms with Crippen LogP contribution in [0.5, 0.6) is 0 Å². The second-order valence-corrected chi connectivity index (χ2v) is 6.85. The minimum atomic E-state index is -0.0804. The normalized spacial score (nSPS) is 23.9. The van der Waals surface area contributed by atoms with E-state index in [1.165, 1.54) is 5.57 Å². The number of hydrogen-bond acceptors (Lipinski definition) is 3. The molecule has 0 saturated carbocycles. The maximum Gasteiger partial charge on any atom is 0.274 e. The fourth-order valence-corrected chi connectivity index (χ4v) is 3.42. The van der Waals surface area contributed by atoms with Gasteiger partial charge in [0.2, 0.25) is 5.91 Å². The Hall–Kier alpha value is -2.11. The molecule has 2 atom stereocenters. The Bertz CT molecular complexity index is 645. The number of nitrogens with one attached hydrogen (secondary N) is 1. The van der Waals surface area contributed by atoms with Crippen LogP contribution in [0, 0.1) is 12.8 Å². The van der Waals surface area contributed by atoms with Crippen molar-refractivity contribution >= 4 is 11.8 Å². The van der Waals surface area contributed by atoms with Gasteiger partial charge in [-0.25, -0.2) is 0 Å². The molecule has 1 aromatic heterocycles. The Kier molecular flexibility index (Phi) is 4.24. The van der Waals surface area contributed by atoms with Gasteiger partial charge in [0, 0.05) is 31.4 Å². The van der Waals surface area contributed by atoms with Gasteiger partial charge in [-0.05, 0) is 39.7 Å². The molecule has 23 heavy (non-hydrogen) atoms. The average Bonchev–Trinajstić information content (AvgIpc) is 2.76. The number of aromatic amines is 1. The number of nitrogens with zero attached hydrogens (tertiary/aromatic N) is 3. The van der Waals surface area contributed by atoms with E-state index in [2.05, 4.69) is 16.3 Å². The standard InChI is InChI=1S/C17H24N4O2/c1-11(2)6-7-21-14-5-4-13(16(21)22)9-20(10-14)17(23)15-8-12(3)18-19-15/h6,8,13-14H,4-5,7,9-10H2,1-3H3,(H,18,19)/t13-,14+/m1/s1. The fraction of sp³-hybridized carbons (Fsp3) is 0.588. The lowest BCUT2D eigenvalue weighted by Crippen LogP contribution is -2.48. The highest BCUT2D eigenvalue weighted by molar-refractivity contribution is 5.93. The summed E-state index contributed by atoms with van der Waals surface area (Å²) >= 11 is 0. The highest BCUT2D eigenvalue weighted by Gasteiger charge is 2.41. The molecule has 4 heterocycles. The third-order valence-corrected chi connectivity index (χ3v) is 4.70. The zero-order valence-corrected chi connectivity index (χ0v) is 14.0. The molecule has 0 aromatic carbocycles. The smallest absolute Gasteiger partial charge is 0.274 e. The van der Waals surface area contributed by atoms with E-state index < -0.39 is 0 Å². The van der Waals surface area contributed by atoms with Gasteiger partial charge in [0.25, 0.3) is 5.91 Å². The summed E-state index contributed by atoms with van der Waals surface area (Å²) in [5.41, 5.74) is 2.51. The molecule has 2 amide bonds. The number of rotatable bonds is 3. The summed E-state index contributed by atoms with van der Waals surface area (Å²) in [7, 11) is 0. The Morgan fingerprint density at radius 1 is 1.39 bits per heavy atom. The van der Waals surface area contributed by atoms with Gasteiger partial charge in [0.05, 0.1) is 5.92 Å². The molecular formula is C17H24N4O2. The van der Waals surface area contributed by atoms with Crippen molar-refractivity contribution in [3.63, 3.8) is 0 Å². The van der Waals surface area contributed by atoms with Gasteiger partial charge in [-0.15, -0.1) is 0 Å². The third-order valence-electron chi connectivity index (χ3n) is 4.70. The van der Waals surface area contributed by atoms with E-state index in [9.17, 15) is 9.59 Å². The molecule has 0 unspecified atom stereocenters. The van der Waals surface area contributed by atoms with Crippen molar-refractivity contribution in [2.45, 2.75) is 39.7 Å². The Morgan fingerprint density at radius 3 is 2.83 bits per heavy atom. The largest absolute Gasteiger partial charge is 0.334 e. The SMILES string of the molecule is CC(C)=CCN1C(=O)[C@@H]2CC[C@H]1CN(C(=O)c1cc(C)[nH]n1)C2. The van der Waals surface area contributed by atoms with Crippen molar-refractivity contribution in [1.29, 1.82) is 0 Å². The summed E-state index contributed by atoms with van der Waals surface area (Å²) in [5.74, 6) is 0.0265. The summed E-state index contributed by atoms with van der Waals surface area (Å²) in [5, 5.41) is 6.88. The van der Waals surface area contributed by atoms with E-state index in [0.717, 1.165) is 18.5 Å². The first-order valence-corrected chi connectivity index (χ1v) is 8.21. The lowest BCUT2D eigenvalue weighted by molar-refractivity contribution is -0.139. The highest BCUT2D eigenvalue weighted by Crippen LogP contribution is 2.29. The first-order chi connectivity index (χ1) is 11.0. The second kappa shape index (κ2) is 6.18. The number of hydrogen-bond donors (Lipinski definition) is 1. The van der Waals surface area contributed by atoms with Gasteiger partial charge in [-0.1, -0.05) is 11.6 Å². The zero-order chi connectivity index (χ0) is 16.6. The first kappa shape index (κ1) is 15.8. The van der Waals surface area contributed by atoms with Crippen LogP contribution in [0.25, 0.3) is 0 Å². The van der Waals surface area contributed by atoms with Gasteiger partial charge in [0.1, 0.15) is 5.69 Å². The Balaban J connectivity index is 1.79. The molecule has 0 radical (unpaired) electrons. The van der Waals surface area contributed by atoms with Gasteiger partial charge in [0.15, 0.2) is 0 Å². The molecular weight excluding hydrogens is 292 g/mol. The summed E-state index contributed by atoms with van der Waals surface area (Å²) in [4.78, 5) is 29.1. The maximum absolute atomic E-state index is 12.7. The molecule has 6 heteroatoms. The number of aromatic nitrogens is 2. The van der Waals surface area contributed by atoms with Gasteiger partial charge in [-0.3, -0.25) is 14.7 Å². The summed E-state index contributed by atoms with van der Waals surface area (Å²) in [6, 6.07) is 1.87. The van der Waals surface area contributed by atoms with Crippen LogP contribution in [0.2, 0.25) is 0 Å². The van der Waals surface area contributed by atoms with E-state index >= 15 is 0 Å². The third kappa shape index (κ3) is 3.16. The van der Waals surface area contributed by atoms with Crippen LogP contribution in [0.1, 0.15) is 42.9 Å². The van der Waals surface area contributed by atoms with Crippen molar-refractivity contribution in [3.8, 4) is 0 Å². The van der Waals surface area contributed by atoms with Crippen LogP contribution < -0.4 is 0 Å². The number of amides is 2. The maximum atomic E-state index is 12.7. The lowest BCUT2D eigenvalue weighted by Gasteiger charge is -2.35. The van der Waals surface area contributed by atoms with Gasteiger partial charge in [-0.2, -0.15) is 5.10 Å². The minimum absolute atomic E-state index is 0.0803. The van der Waals surface area contributed by atoms with Crippen LogP contribution in [-0.2, 0) is 4.79 Å². The lowest BCUT2D eigenvalue weighted by atomic mass is 9.94. The predicted octanol–water partition coefficient (Wildman–Crippen LogP) is 1.75. The zero-order valence-electron chi connectivity index (χ0n) is 14.0. The molecule has 124 valence electrons. The quantitative estimate of drug-likeness (QED) is 0.864. The topological polar surface area (TPSA) is 69.3 Å². The van der Waals surface area contributed by atoms with E-state index in [1.54, 1.807) is 11.0 Å². The number of H-pyrrole nitrogens is 1. The summed E-state index contributed by atoms with van der Waals surface area (Å²) < 4.78 is 0. The average molecular weight is 316 g/mol. The Morgan fingerprint density at radius 2 is 2.17 bits per heavy atom. The molecule has 3 aliphatic heterocycles. The van der Waals surface area contributed by atoms with E-state index in [-0.39, 0.29) is 23.8 Å². The number of allylic oxidation sites excluding steroid dienone is 1. The number of fused-ring (bicyclic) bond motifs is 4.